The van der Waals surface area contributed by atoms with Crippen molar-refractivity contribution in [2.24, 2.45) is 0 Å². The van der Waals surface area contributed by atoms with Gasteiger partial charge in [0.15, 0.2) is 0 Å². The molecular formula is C18H15BrF2N2O2. The number of nitrogens with one attached hydrogen (secondary N) is 1. The van der Waals surface area contributed by atoms with Crippen LogP contribution in [0.2, 0.25) is 0 Å². The summed E-state index contributed by atoms with van der Waals surface area (Å²) in [5, 5.41) is 2.66. The first kappa shape index (κ1) is 18.8. The van der Waals surface area contributed by atoms with Crippen molar-refractivity contribution in [2.45, 2.75) is 0 Å². The Morgan fingerprint density at radius 1 is 1.12 bits per heavy atom. The van der Waals surface area contributed by atoms with Crippen LogP contribution in [0.25, 0.3) is 6.08 Å². The highest BCUT2D eigenvalue weighted by Gasteiger charge is 2.12. The van der Waals surface area contributed by atoms with E-state index in [1.54, 1.807) is 18.2 Å². The molecule has 2 amide bonds. The highest BCUT2D eigenvalue weighted by atomic mass is 79.9. The van der Waals surface area contributed by atoms with Gasteiger partial charge in [0.1, 0.15) is 11.6 Å². The lowest BCUT2D eigenvalue weighted by molar-refractivity contribution is -0.129. The maximum atomic E-state index is 13.5. The Bertz CT molecular complexity index is 804. The second-order valence-corrected chi connectivity index (χ2v) is 6.05. The topological polar surface area (TPSA) is 49.4 Å². The molecule has 0 atom stereocenters. The summed E-state index contributed by atoms with van der Waals surface area (Å²) in [6, 6.07) is 10.5. The molecule has 0 saturated heterocycles. The van der Waals surface area contributed by atoms with Gasteiger partial charge in [-0.05, 0) is 46.3 Å². The van der Waals surface area contributed by atoms with Gasteiger partial charge in [-0.25, -0.2) is 8.78 Å². The number of halogens is 3. The number of rotatable bonds is 5. The SMILES string of the molecule is CN(CC(=O)Nc1ccccc1Br)C(=O)C=Cc1c(F)cccc1F. The molecule has 0 bridgehead atoms. The van der Waals surface area contributed by atoms with Gasteiger partial charge in [0.05, 0.1) is 12.2 Å². The van der Waals surface area contributed by atoms with Crippen molar-refractivity contribution in [1.82, 2.24) is 4.90 Å². The maximum Gasteiger partial charge on any atom is 0.246 e. The van der Waals surface area contributed by atoms with Crippen LogP contribution < -0.4 is 5.32 Å². The molecule has 2 aromatic rings. The third-order valence-electron chi connectivity index (χ3n) is 3.30. The summed E-state index contributed by atoms with van der Waals surface area (Å²) < 4.78 is 27.7. The summed E-state index contributed by atoms with van der Waals surface area (Å²) in [6.07, 6.45) is 2.07. The monoisotopic (exact) mass is 408 g/mol. The zero-order chi connectivity index (χ0) is 18.4. The van der Waals surface area contributed by atoms with Crippen molar-refractivity contribution in [3.05, 3.63) is 70.2 Å². The number of anilines is 1. The molecule has 130 valence electrons. The molecule has 4 nitrogen and oxygen atoms in total. The maximum absolute atomic E-state index is 13.5. The molecule has 0 aliphatic rings. The van der Waals surface area contributed by atoms with Gasteiger partial charge in [0.25, 0.3) is 0 Å². The molecule has 7 heteroatoms. The highest BCUT2D eigenvalue weighted by Crippen LogP contribution is 2.21. The van der Waals surface area contributed by atoms with Gasteiger partial charge in [-0.3, -0.25) is 9.59 Å². The Hall–Kier alpha value is -2.54. The smallest absolute Gasteiger partial charge is 0.246 e. The number of carbonyl (C=O) groups excluding carboxylic acids is 2. The first-order chi connectivity index (χ1) is 11.9. The van der Waals surface area contributed by atoms with Gasteiger partial charge >= 0.3 is 0 Å². The van der Waals surface area contributed by atoms with Crippen LogP contribution in [-0.2, 0) is 9.59 Å². The molecule has 0 spiro atoms. The normalized spacial score (nSPS) is 10.7. The van der Waals surface area contributed by atoms with Crippen molar-refractivity contribution in [3.63, 3.8) is 0 Å². The molecule has 25 heavy (non-hydrogen) atoms. The Morgan fingerprint density at radius 3 is 2.40 bits per heavy atom. The van der Waals surface area contributed by atoms with E-state index in [1.165, 1.54) is 13.1 Å². The number of amides is 2. The molecule has 0 aliphatic heterocycles. The summed E-state index contributed by atoms with van der Waals surface area (Å²) in [5.41, 5.74) is 0.277. The summed E-state index contributed by atoms with van der Waals surface area (Å²) >= 11 is 3.31. The number of nitrogens with zero attached hydrogens (tertiary/aromatic N) is 1. The van der Waals surface area contributed by atoms with E-state index >= 15 is 0 Å². The Balaban J connectivity index is 1.97. The van der Waals surface area contributed by atoms with Gasteiger partial charge in [-0.15, -0.1) is 0 Å². The van der Waals surface area contributed by atoms with Crippen molar-refractivity contribution >= 4 is 39.5 Å². The molecule has 1 N–H and O–H groups in total. The van der Waals surface area contributed by atoms with E-state index in [0.717, 1.165) is 29.2 Å². The summed E-state index contributed by atoms with van der Waals surface area (Å²) in [6.45, 7) is -0.204. The van der Waals surface area contributed by atoms with Gasteiger partial charge in [-0.1, -0.05) is 18.2 Å². The fourth-order valence-electron chi connectivity index (χ4n) is 2.00. The first-order valence-electron chi connectivity index (χ1n) is 7.30. The van der Waals surface area contributed by atoms with Crippen LogP contribution in [0.4, 0.5) is 14.5 Å². The Morgan fingerprint density at radius 2 is 1.76 bits per heavy atom. The average Bonchev–Trinajstić information content (AvgIpc) is 2.56. The minimum absolute atomic E-state index is 0.204. The van der Waals surface area contributed by atoms with Crippen LogP contribution in [-0.4, -0.2) is 30.3 Å². The van der Waals surface area contributed by atoms with Crippen LogP contribution in [0, 0.1) is 11.6 Å². The number of carbonyl (C=O) groups is 2. The quantitative estimate of drug-likeness (QED) is 0.764. The number of hydrogen-bond donors (Lipinski definition) is 1. The molecule has 0 fully saturated rings. The third kappa shape index (κ3) is 5.22. The van der Waals surface area contributed by atoms with Crippen LogP contribution >= 0.6 is 15.9 Å². The predicted molar refractivity (Wildman–Crippen MR) is 95.8 cm³/mol. The molecule has 0 aromatic heterocycles. The first-order valence-corrected chi connectivity index (χ1v) is 8.09. The molecule has 0 saturated carbocycles. The van der Waals surface area contributed by atoms with Crippen molar-refractivity contribution in [1.29, 1.82) is 0 Å². The largest absolute Gasteiger partial charge is 0.333 e. The Kier molecular flexibility index (Phi) is 6.41. The van der Waals surface area contributed by atoms with E-state index in [1.807, 2.05) is 6.07 Å². The fraction of sp³-hybridized carbons (Fsp3) is 0.111. The van der Waals surface area contributed by atoms with E-state index in [-0.39, 0.29) is 12.1 Å². The lowest BCUT2D eigenvalue weighted by Crippen LogP contribution is -2.33. The number of para-hydroxylation sites is 1. The van der Waals surface area contributed by atoms with E-state index in [9.17, 15) is 18.4 Å². The van der Waals surface area contributed by atoms with Gasteiger partial charge < -0.3 is 10.2 Å². The van der Waals surface area contributed by atoms with Crippen LogP contribution in [0.1, 0.15) is 5.56 Å². The molecule has 2 aromatic carbocycles. The number of likely N-dealkylation sites (N-methyl/N-ethyl adjacent to an activating group) is 1. The van der Waals surface area contributed by atoms with Crippen molar-refractivity contribution < 1.29 is 18.4 Å². The molecule has 0 heterocycles. The average molecular weight is 409 g/mol. The van der Waals surface area contributed by atoms with Gasteiger partial charge in [-0.2, -0.15) is 0 Å². The van der Waals surface area contributed by atoms with E-state index in [4.69, 9.17) is 0 Å². The molecule has 0 radical (unpaired) electrons. The third-order valence-corrected chi connectivity index (χ3v) is 3.99. The number of benzene rings is 2. The molecule has 0 aliphatic carbocycles. The minimum Gasteiger partial charge on any atom is -0.333 e. The second kappa shape index (κ2) is 8.53. The highest BCUT2D eigenvalue weighted by molar-refractivity contribution is 9.10. The summed E-state index contributed by atoms with van der Waals surface area (Å²) in [4.78, 5) is 25.1. The standard InChI is InChI=1S/C18H15BrF2N2O2/c1-23(11-17(24)22-16-8-3-2-5-13(16)19)18(25)10-9-12-14(20)6-4-7-15(12)21/h2-10H,11H2,1H3,(H,22,24). The van der Waals surface area contributed by atoms with Gasteiger partial charge in [0, 0.05) is 23.2 Å². The summed E-state index contributed by atoms with van der Waals surface area (Å²) in [5.74, 6) is -2.48. The van der Waals surface area contributed by atoms with E-state index in [0.29, 0.717) is 10.2 Å². The molecule has 0 unspecified atom stereocenters. The molecule has 2 rings (SSSR count). The Labute approximate surface area is 152 Å². The minimum atomic E-state index is -0.765. The molecular weight excluding hydrogens is 394 g/mol. The van der Waals surface area contributed by atoms with Crippen molar-refractivity contribution in [3.8, 4) is 0 Å². The summed E-state index contributed by atoms with van der Waals surface area (Å²) in [7, 11) is 1.42. The lowest BCUT2D eigenvalue weighted by atomic mass is 10.2. The number of hydrogen-bond acceptors (Lipinski definition) is 2. The van der Waals surface area contributed by atoms with Crippen molar-refractivity contribution in [2.75, 3.05) is 18.9 Å². The van der Waals surface area contributed by atoms with E-state index in [2.05, 4.69) is 21.2 Å². The zero-order valence-corrected chi connectivity index (χ0v) is 14.9. The predicted octanol–water partition coefficient (Wildman–Crippen LogP) is 3.84. The second-order valence-electron chi connectivity index (χ2n) is 5.19. The van der Waals surface area contributed by atoms with Gasteiger partial charge in [0.2, 0.25) is 11.8 Å². The van der Waals surface area contributed by atoms with Crippen LogP contribution in [0.5, 0.6) is 0 Å². The zero-order valence-electron chi connectivity index (χ0n) is 13.3. The lowest BCUT2D eigenvalue weighted by Gasteiger charge is -2.15. The fourth-order valence-corrected chi connectivity index (χ4v) is 2.38. The van der Waals surface area contributed by atoms with Crippen LogP contribution in [0.15, 0.2) is 53.0 Å². The van der Waals surface area contributed by atoms with Crippen LogP contribution in [0.3, 0.4) is 0 Å². The van der Waals surface area contributed by atoms with E-state index < -0.39 is 23.4 Å².